The van der Waals surface area contributed by atoms with E-state index in [0.29, 0.717) is 29.7 Å². The maximum atomic E-state index is 12.8. The van der Waals surface area contributed by atoms with Gasteiger partial charge in [-0.2, -0.15) is 0 Å². The summed E-state index contributed by atoms with van der Waals surface area (Å²) >= 11 is 0. The van der Waals surface area contributed by atoms with Crippen molar-refractivity contribution < 1.29 is 19.5 Å². The Morgan fingerprint density at radius 2 is 1.46 bits per heavy atom. The van der Waals surface area contributed by atoms with Gasteiger partial charge in [-0.25, -0.2) is 0 Å². The van der Waals surface area contributed by atoms with Gasteiger partial charge in [-0.15, -0.1) is 0 Å². The van der Waals surface area contributed by atoms with Crippen LogP contribution in [0.1, 0.15) is 41.6 Å². The Morgan fingerprint density at radius 3 is 2.15 bits per heavy atom. The minimum atomic E-state index is -0.932. The van der Waals surface area contributed by atoms with Crippen molar-refractivity contribution >= 4 is 23.3 Å². The number of nitrogens with one attached hydrogen (secondary N) is 1. The Kier molecular flexibility index (Phi) is 5.46. The smallest absolute Gasteiger partial charge is 0.307 e. The highest BCUT2D eigenvalue weighted by Gasteiger charge is 2.36. The Morgan fingerprint density at radius 1 is 0.846 bits per heavy atom. The molecular formula is C21H21NO4. The highest BCUT2D eigenvalue weighted by atomic mass is 16.4. The van der Waals surface area contributed by atoms with Crippen molar-refractivity contribution in [1.29, 1.82) is 0 Å². The summed E-state index contributed by atoms with van der Waals surface area (Å²) in [4.78, 5) is 36.9. The van der Waals surface area contributed by atoms with Crippen molar-refractivity contribution in [3.05, 3.63) is 65.7 Å². The van der Waals surface area contributed by atoms with E-state index in [9.17, 15) is 19.5 Å². The van der Waals surface area contributed by atoms with E-state index in [1.165, 1.54) is 0 Å². The van der Waals surface area contributed by atoms with Crippen LogP contribution >= 0.6 is 0 Å². The topological polar surface area (TPSA) is 83.5 Å². The molecule has 0 aliphatic heterocycles. The van der Waals surface area contributed by atoms with Gasteiger partial charge in [-0.1, -0.05) is 55.3 Å². The minimum Gasteiger partial charge on any atom is -0.481 e. The number of ketones is 1. The summed E-state index contributed by atoms with van der Waals surface area (Å²) in [5.74, 6) is -2.68. The fraction of sp³-hybridized carbons (Fsp3) is 0.286. The molecule has 2 aromatic rings. The van der Waals surface area contributed by atoms with Crippen molar-refractivity contribution in [2.45, 2.75) is 25.7 Å². The quantitative estimate of drug-likeness (QED) is 0.804. The summed E-state index contributed by atoms with van der Waals surface area (Å²) in [6.45, 7) is 0. The molecule has 3 rings (SSSR count). The highest BCUT2D eigenvalue weighted by molar-refractivity contribution is 6.14. The largest absolute Gasteiger partial charge is 0.481 e. The van der Waals surface area contributed by atoms with Gasteiger partial charge < -0.3 is 10.4 Å². The lowest BCUT2D eigenvalue weighted by Crippen LogP contribution is -2.36. The predicted molar refractivity (Wildman–Crippen MR) is 98.0 cm³/mol. The summed E-state index contributed by atoms with van der Waals surface area (Å²) in [6.07, 6.45) is 2.73. The lowest BCUT2D eigenvalue weighted by molar-refractivity contribution is -0.147. The van der Waals surface area contributed by atoms with Gasteiger partial charge in [0.2, 0.25) is 5.91 Å². The number of hydrogen-bond donors (Lipinski definition) is 2. The van der Waals surface area contributed by atoms with Gasteiger partial charge in [0, 0.05) is 11.1 Å². The third kappa shape index (κ3) is 3.82. The molecule has 1 saturated carbocycles. The number of carbonyl (C=O) groups excluding carboxylic acids is 2. The van der Waals surface area contributed by atoms with Crippen LogP contribution in [-0.2, 0) is 9.59 Å². The van der Waals surface area contributed by atoms with E-state index in [1.807, 2.05) is 6.07 Å². The molecule has 0 unspecified atom stereocenters. The fourth-order valence-electron chi connectivity index (χ4n) is 3.50. The Balaban J connectivity index is 1.83. The molecule has 0 spiro atoms. The molecule has 0 bridgehead atoms. The van der Waals surface area contributed by atoms with Crippen LogP contribution < -0.4 is 5.32 Å². The molecule has 0 heterocycles. The van der Waals surface area contributed by atoms with Crippen LogP contribution in [0.2, 0.25) is 0 Å². The molecule has 1 fully saturated rings. The van der Waals surface area contributed by atoms with Gasteiger partial charge >= 0.3 is 5.97 Å². The van der Waals surface area contributed by atoms with E-state index in [-0.39, 0.29) is 11.7 Å². The van der Waals surface area contributed by atoms with Crippen LogP contribution in [0.4, 0.5) is 5.69 Å². The highest BCUT2D eigenvalue weighted by Crippen LogP contribution is 2.32. The minimum absolute atomic E-state index is 0.181. The summed E-state index contributed by atoms with van der Waals surface area (Å²) in [7, 11) is 0. The second-order valence-electron chi connectivity index (χ2n) is 6.57. The molecule has 2 aromatic carbocycles. The summed E-state index contributed by atoms with van der Waals surface area (Å²) < 4.78 is 0. The summed E-state index contributed by atoms with van der Waals surface area (Å²) in [6, 6.07) is 15.7. The number of amides is 1. The molecule has 5 nitrogen and oxygen atoms in total. The molecule has 1 aliphatic carbocycles. The monoisotopic (exact) mass is 351 g/mol. The first kappa shape index (κ1) is 17.9. The Hall–Kier alpha value is -2.95. The maximum absolute atomic E-state index is 12.8. The van der Waals surface area contributed by atoms with E-state index in [1.54, 1.807) is 48.5 Å². The maximum Gasteiger partial charge on any atom is 0.307 e. The van der Waals surface area contributed by atoms with Crippen LogP contribution in [0.5, 0.6) is 0 Å². The zero-order chi connectivity index (χ0) is 18.5. The van der Waals surface area contributed by atoms with Crippen LogP contribution in [0.3, 0.4) is 0 Å². The molecule has 134 valence electrons. The number of carboxylic acids is 1. The SMILES string of the molecule is O=C(c1ccccc1)c1ccccc1NC(=O)[C@@H]1CCCC[C@H]1C(=O)O. The van der Waals surface area contributed by atoms with Crippen LogP contribution in [0.25, 0.3) is 0 Å². The molecule has 0 radical (unpaired) electrons. The number of anilines is 1. The molecule has 0 aromatic heterocycles. The number of carbonyl (C=O) groups is 3. The van der Waals surface area contributed by atoms with Gasteiger partial charge in [0.1, 0.15) is 0 Å². The van der Waals surface area contributed by atoms with Crippen molar-refractivity contribution in [3.8, 4) is 0 Å². The van der Waals surface area contributed by atoms with Gasteiger partial charge in [-0.3, -0.25) is 14.4 Å². The van der Waals surface area contributed by atoms with Gasteiger partial charge in [0.15, 0.2) is 5.78 Å². The molecule has 0 saturated heterocycles. The molecule has 5 heteroatoms. The zero-order valence-corrected chi connectivity index (χ0v) is 14.4. The lowest BCUT2D eigenvalue weighted by Gasteiger charge is -2.27. The standard InChI is InChI=1S/C21H21NO4/c23-19(14-8-2-1-3-9-14)17-12-6-7-13-18(17)22-20(24)15-10-4-5-11-16(15)21(25)26/h1-3,6-9,12-13,15-16H,4-5,10-11H2,(H,22,24)(H,25,26)/t15-,16-/m1/s1. The first-order valence-electron chi connectivity index (χ1n) is 8.80. The first-order valence-corrected chi connectivity index (χ1v) is 8.80. The van der Waals surface area contributed by atoms with Crippen molar-refractivity contribution in [2.24, 2.45) is 11.8 Å². The van der Waals surface area contributed by atoms with E-state index >= 15 is 0 Å². The van der Waals surface area contributed by atoms with E-state index in [2.05, 4.69) is 5.32 Å². The van der Waals surface area contributed by atoms with Crippen molar-refractivity contribution in [1.82, 2.24) is 0 Å². The second kappa shape index (κ2) is 7.95. The molecule has 2 atom stereocenters. The second-order valence-corrected chi connectivity index (χ2v) is 6.57. The van der Waals surface area contributed by atoms with Crippen molar-refractivity contribution in [3.63, 3.8) is 0 Å². The van der Waals surface area contributed by atoms with Gasteiger partial charge in [0.05, 0.1) is 17.5 Å². The number of aliphatic carboxylic acids is 1. The van der Waals surface area contributed by atoms with E-state index < -0.39 is 17.8 Å². The normalized spacial score (nSPS) is 19.5. The first-order chi connectivity index (χ1) is 12.6. The van der Waals surface area contributed by atoms with Crippen molar-refractivity contribution in [2.75, 3.05) is 5.32 Å². The molecule has 2 N–H and O–H groups in total. The molecule has 26 heavy (non-hydrogen) atoms. The van der Waals surface area contributed by atoms with E-state index in [0.717, 1.165) is 12.8 Å². The van der Waals surface area contributed by atoms with Gasteiger partial charge in [0.25, 0.3) is 0 Å². The van der Waals surface area contributed by atoms with Crippen LogP contribution in [0.15, 0.2) is 54.6 Å². The third-order valence-corrected chi connectivity index (χ3v) is 4.89. The summed E-state index contributed by atoms with van der Waals surface area (Å²) in [5, 5.41) is 12.2. The van der Waals surface area contributed by atoms with Gasteiger partial charge in [-0.05, 0) is 25.0 Å². The average Bonchev–Trinajstić information content (AvgIpc) is 2.68. The average molecular weight is 351 g/mol. The molecule has 1 aliphatic rings. The zero-order valence-electron chi connectivity index (χ0n) is 14.4. The predicted octanol–water partition coefficient (Wildman–Crippen LogP) is 3.75. The van der Waals surface area contributed by atoms with Crippen LogP contribution in [-0.4, -0.2) is 22.8 Å². The van der Waals surface area contributed by atoms with E-state index in [4.69, 9.17) is 0 Å². The third-order valence-electron chi connectivity index (χ3n) is 4.89. The summed E-state index contributed by atoms with van der Waals surface area (Å²) in [5.41, 5.74) is 1.35. The number of rotatable bonds is 5. The van der Waals surface area contributed by atoms with Crippen LogP contribution in [0, 0.1) is 11.8 Å². The number of carboxylic acid groups (broad SMARTS) is 1. The molecular weight excluding hydrogens is 330 g/mol. The number of para-hydroxylation sites is 1. The molecule has 1 amide bonds. The Bertz CT molecular complexity index is 816. The Labute approximate surface area is 152 Å². The fourth-order valence-corrected chi connectivity index (χ4v) is 3.50. The number of benzene rings is 2. The number of hydrogen-bond acceptors (Lipinski definition) is 3. The lowest BCUT2D eigenvalue weighted by atomic mass is 9.78.